The minimum atomic E-state index is -3.62. The van der Waals surface area contributed by atoms with Gasteiger partial charge >= 0.3 is 0 Å². The molecule has 0 bridgehead atoms. The van der Waals surface area contributed by atoms with Crippen molar-refractivity contribution in [3.05, 3.63) is 54.6 Å². The third-order valence-corrected chi connectivity index (χ3v) is 6.03. The van der Waals surface area contributed by atoms with E-state index in [1.54, 1.807) is 31.2 Å². The first-order chi connectivity index (χ1) is 13.0. The number of ether oxygens (including phenoxy) is 2. The molecule has 0 radical (unpaired) electrons. The maximum absolute atomic E-state index is 12.7. The maximum Gasteiger partial charge on any atom is 0.265 e. The van der Waals surface area contributed by atoms with E-state index in [-0.39, 0.29) is 10.8 Å². The topological polar surface area (TPSA) is 84.9 Å². The number of carbonyl (C=O) groups is 1. The molecular formula is C19H22N2O5S. The van der Waals surface area contributed by atoms with Crippen LogP contribution in [0.15, 0.2) is 59.5 Å². The van der Waals surface area contributed by atoms with Gasteiger partial charge < -0.3 is 14.8 Å². The van der Waals surface area contributed by atoms with E-state index < -0.39 is 16.1 Å². The lowest BCUT2D eigenvalue weighted by atomic mass is 10.3. The number of para-hydroxylation sites is 1. The van der Waals surface area contributed by atoms with E-state index >= 15 is 0 Å². The summed E-state index contributed by atoms with van der Waals surface area (Å²) in [7, 11) is -3.62. The highest BCUT2D eigenvalue weighted by Gasteiger charge is 2.26. The number of nitrogens with zero attached hydrogens (tertiary/aromatic N) is 1. The van der Waals surface area contributed by atoms with Crippen LogP contribution in [0, 0.1) is 0 Å². The van der Waals surface area contributed by atoms with E-state index in [0.717, 1.165) is 0 Å². The number of sulfonamides is 1. The fraction of sp³-hybridized carbons (Fsp3) is 0.316. The van der Waals surface area contributed by atoms with Gasteiger partial charge in [-0.3, -0.25) is 4.79 Å². The lowest BCUT2D eigenvalue weighted by Gasteiger charge is -2.26. The summed E-state index contributed by atoms with van der Waals surface area (Å²) in [5.41, 5.74) is 0.401. The third kappa shape index (κ3) is 4.85. The van der Waals surface area contributed by atoms with Gasteiger partial charge in [0.2, 0.25) is 10.0 Å². The number of hydrogen-bond donors (Lipinski definition) is 1. The molecular weight excluding hydrogens is 368 g/mol. The smallest absolute Gasteiger partial charge is 0.265 e. The Morgan fingerprint density at radius 2 is 1.81 bits per heavy atom. The first kappa shape index (κ1) is 19.3. The largest absolute Gasteiger partial charge is 0.481 e. The molecule has 1 N–H and O–H groups in total. The van der Waals surface area contributed by atoms with Crippen LogP contribution < -0.4 is 10.1 Å². The highest BCUT2D eigenvalue weighted by molar-refractivity contribution is 7.89. The van der Waals surface area contributed by atoms with Gasteiger partial charge in [-0.05, 0) is 37.3 Å². The van der Waals surface area contributed by atoms with Crippen molar-refractivity contribution in [1.82, 2.24) is 4.31 Å². The minimum Gasteiger partial charge on any atom is -0.481 e. The summed E-state index contributed by atoms with van der Waals surface area (Å²) < 4.78 is 37.6. The van der Waals surface area contributed by atoms with Crippen LogP contribution >= 0.6 is 0 Å². The molecule has 1 heterocycles. The van der Waals surface area contributed by atoms with Crippen molar-refractivity contribution in [3.8, 4) is 5.75 Å². The van der Waals surface area contributed by atoms with Crippen LogP contribution in [0.3, 0.4) is 0 Å². The number of carbonyl (C=O) groups excluding carboxylic acids is 1. The lowest BCUT2D eigenvalue weighted by molar-refractivity contribution is -0.122. The van der Waals surface area contributed by atoms with Crippen LogP contribution in [0.4, 0.5) is 5.69 Å². The van der Waals surface area contributed by atoms with E-state index in [9.17, 15) is 13.2 Å². The quantitative estimate of drug-likeness (QED) is 0.817. The van der Waals surface area contributed by atoms with Crippen LogP contribution in [-0.2, 0) is 19.6 Å². The Hall–Kier alpha value is -2.42. The predicted molar refractivity (Wildman–Crippen MR) is 101 cm³/mol. The van der Waals surface area contributed by atoms with Crippen LogP contribution in [0.5, 0.6) is 5.75 Å². The van der Waals surface area contributed by atoms with Gasteiger partial charge in [-0.1, -0.05) is 24.3 Å². The summed E-state index contributed by atoms with van der Waals surface area (Å²) in [6, 6.07) is 15.2. The highest BCUT2D eigenvalue weighted by atomic mass is 32.2. The monoisotopic (exact) mass is 390 g/mol. The van der Waals surface area contributed by atoms with E-state index in [4.69, 9.17) is 9.47 Å². The number of anilines is 1. The second kappa shape index (κ2) is 8.51. The molecule has 1 atom stereocenters. The van der Waals surface area contributed by atoms with Crippen molar-refractivity contribution < 1.29 is 22.7 Å². The van der Waals surface area contributed by atoms with Crippen molar-refractivity contribution in [1.29, 1.82) is 0 Å². The molecule has 1 aliphatic rings. The van der Waals surface area contributed by atoms with E-state index in [1.165, 1.54) is 16.4 Å². The zero-order valence-corrected chi connectivity index (χ0v) is 15.8. The number of morpholine rings is 1. The molecule has 0 saturated carbocycles. The highest BCUT2D eigenvalue weighted by Crippen LogP contribution is 2.21. The number of hydrogen-bond acceptors (Lipinski definition) is 5. The fourth-order valence-corrected chi connectivity index (χ4v) is 4.13. The molecule has 1 fully saturated rings. The van der Waals surface area contributed by atoms with Crippen molar-refractivity contribution in [2.45, 2.75) is 17.9 Å². The SMILES string of the molecule is C[C@@H](Oc1ccccc1)C(=O)Nc1cccc(S(=O)(=O)N2CCOCC2)c1. The Labute approximate surface area is 158 Å². The van der Waals surface area contributed by atoms with Crippen LogP contribution in [0.25, 0.3) is 0 Å². The molecule has 0 spiro atoms. The Bertz CT molecular complexity index is 880. The second-order valence-electron chi connectivity index (χ2n) is 6.11. The molecule has 7 nitrogen and oxygen atoms in total. The molecule has 0 unspecified atom stereocenters. The number of amides is 1. The molecule has 0 aliphatic carbocycles. The molecule has 8 heteroatoms. The van der Waals surface area contributed by atoms with Crippen molar-refractivity contribution in [2.75, 3.05) is 31.6 Å². The fourth-order valence-electron chi connectivity index (χ4n) is 2.67. The van der Waals surface area contributed by atoms with Crippen LogP contribution in [-0.4, -0.2) is 51.0 Å². The van der Waals surface area contributed by atoms with Gasteiger partial charge in [0.1, 0.15) is 5.75 Å². The van der Waals surface area contributed by atoms with Gasteiger partial charge in [-0.15, -0.1) is 0 Å². The maximum atomic E-state index is 12.7. The summed E-state index contributed by atoms with van der Waals surface area (Å²) in [6.45, 7) is 3.03. The summed E-state index contributed by atoms with van der Waals surface area (Å²) in [4.78, 5) is 12.5. The standard InChI is InChI=1S/C19H22N2O5S/c1-15(26-17-7-3-2-4-8-17)19(22)20-16-6-5-9-18(14-16)27(23,24)21-10-12-25-13-11-21/h2-9,14-15H,10-13H2,1H3,(H,20,22)/t15-/m1/s1. The number of nitrogens with one attached hydrogen (secondary N) is 1. The van der Waals surface area contributed by atoms with Crippen molar-refractivity contribution in [2.24, 2.45) is 0 Å². The zero-order chi connectivity index (χ0) is 19.3. The van der Waals surface area contributed by atoms with E-state index in [1.807, 2.05) is 18.2 Å². The lowest BCUT2D eigenvalue weighted by Crippen LogP contribution is -2.40. The minimum absolute atomic E-state index is 0.138. The van der Waals surface area contributed by atoms with E-state index in [0.29, 0.717) is 37.7 Å². The molecule has 1 saturated heterocycles. The molecule has 3 rings (SSSR count). The van der Waals surface area contributed by atoms with Crippen LogP contribution in [0.2, 0.25) is 0 Å². The van der Waals surface area contributed by atoms with Gasteiger partial charge in [0.05, 0.1) is 18.1 Å². The molecule has 2 aromatic rings. The Morgan fingerprint density at radius 1 is 1.11 bits per heavy atom. The normalized spacial score (nSPS) is 16.5. The van der Waals surface area contributed by atoms with Crippen molar-refractivity contribution >= 4 is 21.6 Å². The average molecular weight is 390 g/mol. The predicted octanol–water partition coefficient (Wildman–Crippen LogP) is 2.11. The molecule has 1 amide bonds. The Balaban J connectivity index is 1.69. The van der Waals surface area contributed by atoms with Gasteiger partial charge in [0.25, 0.3) is 5.91 Å². The number of benzene rings is 2. The van der Waals surface area contributed by atoms with Crippen molar-refractivity contribution in [3.63, 3.8) is 0 Å². The molecule has 27 heavy (non-hydrogen) atoms. The third-order valence-electron chi connectivity index (χ3n) is 4.13. The summed E-state index contributed by atoms with van der Waals surface area (Å²) in [5.74, 6) is 0.226. The molecule has 144 valence electrons. The summed E-state index contributed by atoms with van der Waals surface area (Å²) in [5, 5.41) is 2.71. The van der Waals surface area contributed by atoms with Gasteiger partial charge in [0.15, 0.2) is 6.10 Å². The molecule has 1 aliphatic heterocycles. The molecule has 2 aromatic carbocycles. The van der Waals surface area contributed by atoms with Gasteiger partial charge in [0, 0.05) is 18.8 Å². The van der Waals surface area contributed by atoms with Crippen LogP contribution in [0.1, 0.15) is 6.92 Å². The van der Waals surface area contributed by atoms with E-state index in [2.05, 4.69) is 5.32 Å². The average Bonchev–Trinajstić information content (AvgIpc) is 2.69. The molecule has 0 aromatic heterocycles. The van der Waals surface area contributed by atoms with Gasteiger partial charge in [-0.25, -0.2) is 8.42 Å². The van der Waals surface area contributed by atoms with Gasteiger partial charge in [-0.2, -0.15) is 4.31 Å². The zero-order valence-electron chi connectivity index (χ0n) is 15.0. The summed E-state index contributed by atoms with van der Waals surface area (Å²) in [6.07, 6.45) is -0.730. The Kier molecular flexibility index (Phi) is 6.10. The second-order valence-corrected chi connectivity index (χ2v) is 8.04. The first-order valence-corrected chi connectivity index (χ1v) is 10.1. The summed E-state index contributed by atoms with van der Waals surface area (Å²) >= 11 is 0. The Morgan fingerprint density at radius 3 is 2.52 bits per heavy atom. The first-order valence-electron chi connectivity index (χ1n) is 8.67. The number of rotatable bonds is 6.